The van der Waals surface area contributed by atoms with Crippen LogP contribution in [0.25, 0.3) is 0 Å². The molecule has 3 amide bonds. The van der Waals surface area contributed by atoms with E-state index in [1.807, 2.05) is 31.2 Å². The van der Waals surface area contributed by atoms with Gasteiger partial charge in [0.15, 0.2) is 5.78 Å². The summed E-state index contributed by atoms with van der Waals surface area (Å²) in [5.74, 6) is 1.01. The zero-order valence-electron chi connectivity index (χ0n) is 23.0. The van der Waals surface area contributed by atoms with Crippen LogP contribution in [0.1, 0.15) is 54.9 Å². The van der Waals surface area contributed by atoms with Crippen molar-refractivity contribution in [1.82, 2.24) is 20.9 Å². The van der Waals surface area contributed by atoms with Crippen LogP contribution in [-0.2, 0) is 19.1 Å². The van der Waals surface area contributed by atoms with Gasteiger partial charge in [0.2, 0.25) is 12.3 Å². The monoisotopic (exact) mass is 540 g/mol. The minimum atomic E-state index is -0.475. The summed E-state index contributed by atoms with van der Waals surface area (Å²) in [6, 6.07) is 10.9. The third kappa shape index (κ3) is 12.5. The first kappa shape index (κ1) is 31.4. The molecular formula is C29H40N4O6. The summed E-state index contributed by atoms with van der Waals surface area (Å²) < 4.78 is 9.97. The number of hydrogen-bond donors (Lipinski definition) is 3. The summed E-state index contributed by atoms with van der Waals surface area (Å²) in [6.45, 7) is 4.96. The van der Waals surface area contributed by atoms with E-state index >= 15 is 0 Å². The zero-order valence-corrected chi connectivity index (χ0v) is 23.0. The Labute approximate surface area is 230 Å². The van der Waals surface area contributed by atoms with Gasteiger partial charge < -0.3 is 25.4 Å². The van der Waals surface area contributed by atoms with Crippen molar-refractivity contribution < 1.29 is 28.7 Å². The lowest BCUT2D eigenvalue weighted by Crippen LogP contribution is -2.46. The Hall–Kier alpha value is -3.79. The lowest BCUT2D eigenvalue weighted by Gasteiger charge is -2.20. The fourth-order valence-corrected chi connectivity index (χ4v) is 4.08. The number of ether oxygens (including phenoxy) is 2. The molecule has 2 heterocycles. The van der Waals surface area contributed by atoms with E-state index in [9.17, 15) is 19.2 Å². The van der Waals surface area contributed by atoms with Gasteiger partial charge in [-0.3, -0.25) is 24.2 Å². The fraction of sp³-hybridized carbons (Fsp3) is 0.483. The number of aromatic nitrogens is 1. The number of aryl methyl sites for hydroxylation is 1. The molecule has 1 aliphatic heterocycles. The average molecular weight is 541 g/mol. The molecule has 39 heavy (non-hydrogen) atoms. The standard InChI is InChI=1S/C13H20N2O4.C8H10N2O.C8H10O/c16-8-14-6-12(17)15-10(13(18)11-7-19-11)5-9-3-1-2-4-9;1-2-10-8(11)7-3-5-9-6-4-7;1-7-3-5-8(9-2)6-4-7/h8-11H,1-7H2,(H,14,16)(H,15,17);3-6H,2H2,1H3,(H,10,11);3-6H,1-2H3. The summed E-state index contributed by atoms with van der Waals surface area (Å²) in [5.41, 5.74) is 1.91. The maximum atomic E-state index is 12.1. The van der Waals surface area contributed by atoms with Crippen molar-refractivity contribution >= 4 is 24.0 Å². The van der Waals surface area contributed by atoms with Crippen molar-refractivity contribution in [3.63, 3.8) is 0 Å². The second-order valence-electron chi connectivity index (χ2n) is 9.34. The molecule has 10 nitrogen and oxygen atoms in total. The number of hydrogen-bond acceptors (Lipinski definition) is 7. The summed E-state index contributed by atoms with van der Waals surface area (Å²) in [4.78, 5) is 48.7. The molecule has 0 bridgehead atoms. The lowest BCUT2D eigenvalue weighted by molar-refractivity contribution is -0.128. The summed E-state index contributed by atoms with van der Waals surface area (Å²) >= 11 is 0. The van der Waals surface area contributed by atoms with Crippen molar-refractivity contribution in [2.45, 2.75) is 58.1 Å². The number of carbonyl (C=O) groups is 4. The Morgan fingerprint density at radius 2 is 1.74 bits per heavy atom. The van der Waals surface area contributed by atoms with Crippen LogP contribution in [0, 0.1) is 12.8 Å². The van der Waals surface area contributed by atoms with Crippen LogP contribution in [0.4, 0.5) is 0 Å². The highest BCUT2D eigenvalue weighted by Crippen LogP contribution is 2.29. The van der Waals surface area contributed by atoms with Gasteiger partial charge in [0.1, 0.15) is 11.9 Å². The van der Waals surface area contributed by atoms with E-state index in [-0.39, 0.29) is 30.2 Å². The van der Waals surface area contributed by atoms with Crippen molar-refractivity contribution in [3.8, 4) is 5.75 Å². The summed E-state index contributed by atoms with van der Waals surface area (Å²) in [6.07, 6.45) is 8.66. The van der Waals surface area contributed by atoms with Gasteiger partial charge in [-0.2, -0.15) is 0 Å². The summed E-state index contributed by atoms with van der Waals surface area (Å²) in [7, 11) is 1.67. The Morgan fingerprint density at radius 3 is 2.28 bits per heavy atom. The Kier molecular flexibility index (Phi) is 14.2. The largest absolute Gasteiger partial charge is 0.497 e. The number of amides is 3. The molecule has 0 spiro atoms. The van der Waals surface area contributed by atoms with E-state index in [4.69, 9.17) is 9.47 Å². The van der Waals surface area contributed by atoms with Crippen LogP contribution in [0.5, 0.6) is 5.75 Å². The van der Waals surface area contributed by atoms with Crippen LogP contribution in [0.15, 0.2) is 48.8 Å². The Bertz CT molecular complexity index is 1020. The van der Waals surface area contributed by atoms with E-state index in [1.165, 1.54) is 18.4 Å². The van der Waals surface area contributed by atoms with Crippen LogP contribution in [0.3, 0.4) is 0 Å². The van der Waals surface area contributed by atoms with E-state index in [0.717, 1.165) is 18.6 Å². The van der Waals surface area contributed by atoms with Crippen molar-refractivity contribution in [2.75, 3.05) is 26.8 Å². The number of nitrogens with one attached hydrogen (secondary N) is 3. The van der Waals surface area contributed by atoms with Gasteiger partial charge in [-0.1, -0.05) is 43.4 Å². The molecule has 4 rings (SSSR count). The van der Waals surface area contributed by atoms with Crippen LogP contribution in [0.2, 0.25) is 0 Å². The topological polar surface area (TPSA) is 139 Å². The number of methoxy groups -OCH3 is 1. The van der Waals surface area contributed by atoms with Gasteiger partial charge in [0.25, 0.3) is 5.91 Å². The molecule has 1 saturated carbocycles. The highest BCUT2D eigenvalue weighted by atomic mass is 16.6. The molecular weight excluding hydrogens is 500 g/mol. The second-order valence-corrected chi connectivity index (χ2v) is 9.34. The first-order valence-corrected chi connectivity index (χ1v) is 13.3. The number of epoxide rings is 1. The van der Waals surface area contributed by atoms with Gasteiger partial charge >= 0.3 is 0 Å². The Balaban J connectivity index is 0.000000226. The minimum Gasteiger partial charge on any atom is -0.497 e. The third-order valence-electron chi connectivity index (χ3n) is 6.26. The number of ketones is 1. The number of rotatable bonds is 11. The normalized spacial score (nSPS) is 16.2. The average Bonchev–Trinajstić information content (AvgIpc) is 3.69. The summed E-state index contributed by atoms with van der Waals surface area (Å²) in [5, 5.41) is 7.70. The smallest absolute Gasteiger partial charge is 0.251 e. The van der Waals surface area contributed by atoms with Gasteiger partial charge in [-0.05, 0) is 50.5 Å². The molecule has 2 atom stereocenters. The van der Waals surface area contributed by atoms with Gasteiger partial charge in [0, 0.05) is 24.5 Å². The molecule has 2 aliphatic rings. The van der Waals surface area contributed by atoms with Gasteiger partial charge in [-0.15, -0.1) is 0 Å². The predicted octanol–water partition coefficient (Wildman–Crippen LogP) is 2.60. The molecule has 1 saturated heterocycles. The number of nitrogens with zero attached hydrogens (tertiary/aromatic N) is 1. The van der Waals surface area contributed by atoms with Crippen molar-refractivity contribution in [2.24, 2.45) is 5.92 Å². The first-order chi connectivity index (χ1) is 18.9. The molecule has 1 aromatic carbocycles. The highest BCUT2D eigenvalue weighted by Gasteiger charge is 2.38. The van der Waals surface area contributed by atoms with Gasteiger partial charge in [-0.25, -0.2) is 0 Å². The second kappa shape index (κ2) is 17.7. The predicted molar refractivity (Wildman–Crippen MR) is 147 cm³/mol. The molecule has 212 valence electrons. The number of benzene rings is 1. The number of pyridine rings is 1. The first-order valence-electron chi connectivity index (χ1n) is 13.3. The third-order valence-corrected chi connectivity index (χ3v) is 6.26. The van der Waals surface area contributed by atoms with E-state index in [1.54, 1.807) is 31.6 Å². The van der Waals surface area contributed by atoms with Crippen molar-refractivity contribution in [3.05, 3.63) is 59.9 Å². The van der Waals surface area contributed by atoms with Crippen LogP contribution in [-0.4, -0.2) is 67.9 Å². The molecule has 10 heteroatoms. The molecule has 2 aromatic rings. The molecule has 0 radical (unpaired) electrons. The number of Topliss-reactive ketones (excluding diaryl/α,β-unsaturated/α-hetero) is 1. The zero-order chi connectivity index (χ0) is 28.5. The van der Waals surface area contributed by atoms with Crippen LogP contribution >= 0.6 is 0 Å². The maximum Gasteiger partial charge on any atom is 0.251 e. The van der Waals surface area contributed by atoms with E-state index in [2.05, 4.69) is 27.9 Å². The molecule has 1 aliphatic carbocycles. The Morgan fingerprint density at radius 1 is 1.10 bits per heavy atom. The quantitative estimate of drug-likeness (QED) is 0.294. The van der Waals surface area contributed by atoms with E-state index < -0.39 is 6.04 Å². The lowest BCUT2D eigenvalue weighted by atomic mass is 9.94. The van der Waals surface area contributed by atoms with Crippen molar-refractivity contribution in [1.29, 1.82) is 0 Å². The maximum absolute atomic E-state index is 12.1. The van der Waals surface area contributed by atoms with E-state index in [0.29, 0.717) is 37.5 Å². The minimum absolute atomic E-state index is 0.0358. The number of carbonyl (C=O) groups excluding carboxylic acids is 4. The molecule has 2 fully saturated rings. The van der Waals surface area contributed by atoms with Crippen LogP contribution < -0.4 is 20.7 Å². The molecule has 1 aromatic heterocycles. The highest BCUT2D eigenvalue weighted by molar-refractivity contribution is 5.94. The molecule has 3 N–H and O–H groups in total. The molecule has 2 unspecified atom stereocenters. The van der Waals surface area contributed by atoms with Gasteiger partial charge in [0.05, 0.1) is 26.3 Å². The SMILES string of the molecule is CCNC(=O)c1ccncc1.COc1ccc(C)cc1.O=CNCC(=O)NC(CC1CCCC1)C(=O)C1CO1. The fourth-order valence-electron chi connectivity index (χ4n) is 4.08.